The van der Waals surface area contributed by atoms with E-state index in [9.17, 15) is 27.1 Å². The van der Waals surface area contributed by atoms with E-state index in [1.165, 1.54) is 6.07 Å². The molecule has 0 unspecified atom stereocenters. The Labute approximate surface area is 108 Å². The molecule has 0 bridgehead atoms. The fourth-order valence-electron chi connectivity index (χ4n) is 1.55. The molecule has 0 amide bonds. The number of phenolic OH excluding ortho intramolecular Hbond substituents is 1. The van der Waals surface area contributed by atoms with Gasteiger partial charge in [0.25, 0.3) is 0 Å². The lowest BCUT2D eigenvalue weighted by Crippen LogP contribution is -2.04. The highest BCUT2D eigenvalue weighted by atomic mass is 35.5. The van der Waals surface area contributed by atoms with Crippen LogP contribution >= 0.6 is 11.6 Å². The van der Waals surface area contributed by atoms with Crippen LogP contribution in [0.5, 0.6) is 5.75 Å². The average molecular weight is 295 g/mol. The van der Waals surface area contributed by atoms with E-state index in [0.29, 0.717) is 0 Å². The Kier molecular flexibility index (Phi) is 3.36. The van der Waals surface area contributed by atoms with Crippen LogP contribution in [0.3, 0.4) is 0 Å². The van der Waals surface area contributed by atoms with Crippen molar-refractivity contribution in [2.75, 3.05) is 0 Å². The molecule has 2 aromatic rings. The Morgan fingerprint density at radius 1 is 0.789 bits per heavy atom. The highest BCUT2D eigenvalue weighted by molar-refractivity contribution is 6.31. The predicted octanol–water partition coefficient (Wildman–Crippen LogP) is 4.41. The Morgan fingerprint density at radius 3 is 1.79 bits per heavy atom. The number of hydrogen-bond acceptors (Lipinski definition) is 1. The van der Waals surface area contributed by atoms with Gasteiger partial charge in [-0.05, 0) is 18.2 Å². The molecule has 1 N–H and O–H groups in total. The maximum Gasteiger partial charge on any atom is 0.200 e. The van der Waals surface area contributed by atoms with Crippen molar-refractivity contribution in [3.8, 4) is 16.9 Å². The van der Waals surface area contributed by atoms with Gasteiger partial charge in [0, 0.05) is 10.6 Å². The molecule has 0 aliphatic rings. The van der Waals surface area contributed by atoms with E-state index < -0.39 is 46.0 Å². The van der Waals surface area contributed by atoms with Crippen LogP contribution in [-0.2, 0) is 0 Å². The molecular weight excluding hydrogens is 291 g/mol. The minimum absolute atomic E-state index is 0.0308. The fraction of sp³-hybridized carbons (Fsp3) is 0. The minimum Gasteiger partial charge on any atom is -0.507 e. The molecule has 0 aromatic heterocycles. The second kappa shape index (κ2) is 4.70. The largest absolute Gasteiger partial charge is 0.507 e. The molecule has 0 saturated heterocycles. The second-order valence-electron chi connectivity index (χ2n) is 3.61. The summed E-state index contributed by atoms with van der Waals surface area (Å²) in [6.07, 6.45) is 0. The third-order valence-corrected chi connectivity index (χ3v) is 2.67. The first kappa shape index (κ1) is 13.6. The number of phenols is 1. The van der Waals surface area contributed by atoms with Crippen molar-refractivity contribution in [1.29, 1.82) is 0 Å². The first-order chi connectivity index (χ1) is 8.84. The topological polar surface area (TPSA) is 20.2 Å². The zero-order valence-electron chi connectivity index (χ0n) is 8.95. The van der Waals surface area contributed by atoms with Crippen molar-refractivity contribution in [2.24, 2.45) is 0 Å². The summed E-state index contributed by atoms with van der Waals surface area (Å²) in [5, 5.41) is 9.43. The van der Waals surface area contributed by atoms with Crippen molar-refractivity contribution < 1.29 is 27.1 Å². The van der Waals surface area contributed by atoms with Crippen LogP contribution in [0.2, 0.25) is 5.02 Å². The number of aromatic hydroxyl groups is 1. The van der Waals surface area contributed by atoms with E-state index in [0.717, 1.165) is 12.1 Å². The van der Waals surface area contributed by atoms with Gasteiger partial charge in [0.2, 0.25) is 5.82 Å². The summed E-state index contributed by atoms with van der Waals surface area (Å²) in [7, 11) is 0. The molecule has 2 aromatic carbocycles. The van der Waals surface area contributed by atoms with Crippen molar-refractivity contribution in [2.45, 2.75) is 0 Å². The standard InChI is InChI=1S/C12H4ClF5O/c13-4-1-2-6(19)5(3-4)7-8(14)10(16)12(18)11(17)9(7)15/h1-3,19H. The average Bonchev–Trinajstić information content (AvgIpc) is 2.38. The Balaban J connectivity index is 2.87. The summed E-state index contributed by atoms with van der Waals surface area (Å²) in [6, 6.07) is 3.08. The van der Waals surface area contributed by atoms with Gasteiger partial charge in [-0.15, -0.1) is 0 Å². The second-order valence-corrected chi connectivity index (χ2v) is 4.04. The van der Waals surface area contributed by atoms with E-state index >= 15 is 0 Å². The lowest BCUT2D eigenvalue weighted by Gasteiger charge is -2.10. The van der Waals surface area contributed by atoms with Gasteiger partial charge in [-0.25, -0.2) is 22.0 Å². The third-order valence-electron chi connectivity index (χ3n) is 2.44. The Hall–Kier alpha value is -1.82. The molecule has 7 heteroatoms. The molecule has 19 heavy (non-hydrogen) atoms. The molecule has 1 nitrogen and oxygen atoms in total. The van der Waals surface area contributed by atoms with Gasteiger partial charge in [-0.1, -0.05) is 11.6 Å². The molecule has 0 radical (unpaired) electrons. The van der Waals surface area contributed by atoms with Crippen molar-refractivity contribution in [3.63, 3.8) is 0 Å². The third kappa shape index (κ3) is 2.12. The molecule has 0 spiro atoms. The summed E-state index contributed by atoms with van der Waals surface area (Å²) < 4.78 is 66.0. The zero-order valence-corrected chi connectivity index (χ0v) is 9.70. The van der Waals surface area contributed by atoms with Gasteiger partial charge in [-0.2, -0.15) is 0 Å². The molecule has 0 aliphatic carbocycles. The first-order valence-electron chi connectivity index (χ1n) is 4.85. The van der Waals surface area contributed by atoms with E-state index in [1.807, 2.05) is 0 Å². The lowest BCUT2D eigenvalue weighted by atomic mass is 10.0. The molecule has 0 aliphatic heterocycles. The van der Waals surface area contributed by atoms with Gasteiger partial charge >= 0.3 is 0 Å². The molecule has 0 atom stereocenters. The van der Waals surface area contributed by atoms with E-state index in [-0.39, 0.29) is 5.02 Å². The highest BCUT2D eigenvalue weighted by Crippen LogP contribution is 2.37. The summed E-state index contributed by atoms with van der Waals surface area (Å²) in [5.41, 5.74) is -1.81. The van der Waals surface area contributed by atoms with Crippen LogP contribution in [0.1, 0.15) is 0 Å². The van der Waals surface area contributed by atoms with Crippen molar-refractivity contribution >= 4 is 11.6 Å². The number of benzene rings is 2. The van der Waals surface area contributed by atoms with Crippen LogP contribution in [-0.4, -0.2) is 5.11 Å². The fourth-order valence-corrected chi connectivity index (χ4v) is 1.72. The van der Waals surface area contributed by atoms with Gasteiger partial charge < -0.3 is 5.11 Å². The molecule has 0 saturated carbocycles. The van der Waals surface area contributed by atoms with Crippen LogP contribution in [0.25, 0.3) is 11.1 Å². The summed E-state index contributed by atoms with van der Waals surface area (Å²) in [6.45, 7) is 0. The smallest absolute Gasteiger partial charge is 0.200 e. The van der Waals surface area contributed by atoms with Gasteiger partial charge in [-0.3, -0.25) is 0 Å². The maximum atomic E-state index is 13.5. The quantitative estimate of drug-likeness (QED) is 0.469. The van der Waals surface area contributed by atoms with Crippen LogP contribution in [0.4, 0.5) is 22.0 Å². The van der Waals surface area contributed by atoms with Crippen molar-refractivity contribution in [3.05, 3.63) is 52.3 Å². The van der Waals surface area contributed by atoms with Gasteiger partial charge in [0.15, 0.2) is 23.3 Å². The lowest BCUT2D eigenvalue weighted by molar-refractivity contribution is 0.380. The highest BCUT2D eigenvalue weighted by Gasteiger charge is 2.27. The molecule has 2 rings (SSSR count). The molecule has 0 heterocycles. The number of halogens is 6. The SMILES string of the molecule is Oc1ccc(Cl)cc1-c1c(F)c(F)c(F)c(F)c1F. The zero-order chi connectivity index (χ0) is 14.3. The van der Waals surface area contributed by atoms with Gasteiger partial charge in [0.1, 0.15) is 5.75 Å². The minimum atomic E-state index is -2.26. The monoisotopic (exact) mass is 294 g/mol. The number of hydrogen-bond donors (Lipinski definition) is 1. The van der Waals surface area contributed by atoms with Crippen LogP contribution < -0.4 is 0 Å². The van der Waals surface area contributed by atoms with Crippen molar-refractivity contribution in [1.82, 2.24) is 0 Å². The Bertz CT molecular complexity index is 643. The van der Waals surface area contributed by atoms with E-state index in [1.54, 1.807) is 0 Å². The molecule has 100 valence electrons. The first-order valence-corrected chi connectivity index (χ1v) is 5.22. The van der Waals surface area contributed by atoms with Crippen LogP contribution in [0.15, 0.2) is 18.2 Å². The Morgan fingerprint density at radius 2 is 1.26 bits per heavy atom. The summed E-state index contributed by atoms with van der Waals surface area (Å²) in [5.74, 6) is -11.2. The summed E-state index contributed by atoms with van der Waals surface area (Å²) in [4.78, 5) is 0. The maximum absolute atomic E-state index is 13.5. The predicted molar refractivity (Wildman–Crippen MR) is 58.3 cm³/mol. The number of rotatable bonds is 1. The molecule has 0 fully saturated rings. The van der Waals surface area contributed by atoms with Crippen LogP contribution in [0, 0.1) is 29.1 Å². The van der Waals surface area contributed by atoms with E-state index in [4.69, 9.17) is 11.6 Å². The van der Waals surface area contributed by atoms with E-state index in [2.05, 4.69) is 0 Å². The molecular formula is C12H4ClF5O. The summed E-state index contributed by atoms with van der Waals surface area (Å²) >= 11 is 5.56. The van der Waals surface area contributed by atoms with Gasteiger partial charge in [0.05, 0.1) is 5.56 Å². The normalized spacial score (nSPS) is 10.8.